The van der Waals surface area contributed by atoms with E-state index in [4.69, 9.17) is 24.3 Å². The number of nitrogens with zero attached hydrogens (tertiary/aromatic N) is 4. The largest absolute Gasteiger partial charge is 0.462 e. The summed E-state index contributed by atoms with van der Waals surface area (Å²) in [6, 6.07) is 7.01. The van der Waals surface area contributed by atoms with Crippen molar-refractivity contribution >= 4 is 36.6 Å². The van der Waals surface area contributed by atoms with Gasteiger partial charge in [-0.3, -0.25) is 13.9 Å². The third-order valence-corrected chi connectivity index (χ3v) is 8.45. The van der Waals surface area contributed by atoms with Gasteiger partial charge in [-0.05, 0) is 45.7 Å². The molecule has 0 bridgehead atoms. The van der Waals surface area contributed by atoms with Gasteiger partial charge in [-0.15, -0.1) is 0 Å². The number of aromatic nitrogens is 4. The predicted octanol–water partition coefficient (Wildman–Crippen LogP) is 3.05. The number of aliphatic hydroxyl groups excluding tert-OH is 1. The number of fused-ring (bicyclic) bond motifs is 1. The molecule has 14 nitrogen and oxygen atoms in total. The summed E-state index contributed by atoms with van der Waals surface area (Å²) < 4.78 is 67.4. The summed E-state index contributed by atoms with van der Waals surface area (Å²) in [5.41, 5.74) is 3.22. The summed E-state index contributed by atoms with van der Waals surface area (Å²) in [7, 11) is -4.39. The Hall–Kier alpha value is -3.43. The second kappa shape index (κ2) is 12.3. The van der Waals surface area contributed by atoms with Crippen LogP contribution in [0.15, 0.2) is 36.7 Å². The maximum absolute atomic E-state index is 16.1. The molecule has 5 rings (SSSR count). The van der Waals surface area contributed by atoms with E-state index in [2.05, 4.69) is 25.4 Å². The Morgan fingerprint density at radius 2 is 2.00 bits per heavy atom. The molecule has 1 aliphatic heterocycles. The van der Waals surface area contributed by atoms with Gasteiger partial charge in [-0.1, -0.05) is 18.2 Å². The number of nitrogens with two attached hydrogens (primary N) is 1. The minimum atomic E-state index is -4.39. The van der Waals surface area contributed by atoms with Crippen molar-refractivity contribution in [3.63, 3.8) is 0 Å². The molecule has 17 heteroatoms. The molecule has 2 aliphatic rings. The Balaban J connectivity index is 1.38. The van der Waals surface area contributed by atoms with Gasteiger partial charge in [0.1, 0.15) is 30.7 Å². The molecule has 0 spiro atoms. The Morgan fingerprint density at radius 1 is 1.28 bits per heavy atom. The number of alkyl halides is 2. The molecular weight excluding hydrogens is 591 g/mol. The molecule has 1 saturated heterocycles. The third-order valence-electron chi connectivity index (χ3n) is 6.81. The van der Waals surface area contributed by atoms with Crippen LogP contribution in [-0.2, 0) is 23.4 Å². The van der Waals surface area contributed by atoms with Crippen LogP contribution in [0, 0.1) is 0 Å². The molecule has 1 unspecified atom stereocenters. The second-order valence-electron chi connectivity index (χ2n) is 10.7. The van der Waals surface area contributed by atoms with E-state index in [1.54, 1.807) is 32.0 Å². The van der Waals surface area contributed by atoms with Crippen molar-refractivity contribution in [2.75, 3.05) is 24.3 Å². The lowest BCUT2D eigenvalue weighted by Gasteiger charge is -2.26. The van der Waals surface area contributed by atoms with Crippen LogP contribution in [0.25, 0.3) is 11.2 Å². The molecule has 234 valence electrons. The van der Waals surface area contributed by atoms with Gasteiger partial charge in [0.15, 0.2) is 23.2 Å². The number of carbonyl (C=O) groups excluding carboxylic acids is 1. The van der Waals surface area contributed by atoms with Gasteiger partial charge in [-0.25, -0.2) is 18.3 Å². The number of para-hydroxylation sites is 1. The predicted molar refractivity (Wildman–Crippen MR) is 151 cm³/mol. The smallest absolute Gasteiger partial charge is 0.459 e. The summed E-state index contributed by atoms with van der Waals surface area (Å²) in [4.78, 5) is 25.0. The number of esters is 1. The summed E-state index contributed by atoms with van der Waals surface area (Å²) in [6.07, 6.45) is -2.73. The second-order valence-corrected chi connectivity index (χ2v) is 12.4. The number of imidazole rings is 1. The van der Waals surface area contributed by atoms with E-state index in [9.17, 15) is 18.9 Å². The van der Waals surface area contributed by atoms with Gasteiger partial charge < -0.3 is 30.2 Å². The Labute approximate surface area is 245 Å². The van der Waals surface area contributed by atoms with E-state index in [-0.39, 0.29) is 28.9 Å². The summed E-state index contributed by atoms with van der Waals surface area (Å²) in [5.74, 6) is -0.385. The third kappa shape index (κ3) is 6.73. The van der Waals surface area contributed by atoms with E-state index >= 15 is 4.39 Å². The highest BCUT2D eigenvalue weighted by molar-refractivity contribution is 7.52. The molecule has 1 saturated carbocycles. The van der Waals surface area contributed by atoms with Crippen LogP contribution in [0.1, 0.15) is 39.8 Å². The lowest BCUT2D eigenvalue weighted by Crippen LogP contribution is -2.45. The molecule has 3 heterocycles. The maximum atomic E-state index is 16.1. The molecule has 43 heavy (non-hydrogen) atoms. The fraction of sp³-hybridized carbons (Fsp3) is 0.538. The van der Waals surface area contributed by atoms with E-state index in [0.717, 1.165) is 17.4 Å². The number of rotatable bonds is 13. The first-order valence-electron chi connectivity index (χ1n) is 13.7. The first kappa shape index (κ1) is 31.0. The van der Waals surface area contributed by atoms with Crippen molar-refractivity contribution in [1.29, 1.82) is 0 Å². The minimum Gasteiger partial charge on any atom is -0.462 e. The standard InChI is InChI=1S/C26H34F2N7O7P/c1-14(2)40-23(37)15(3)34-43(38,42-17-7-5-4-6-8-17)39-11-18-20(36)26(28,12-27)24(41-18)35-13-30-19-21(31-16-9-10-16)32-25(29)33-22(19)35/h4-8,13-16,18,20,24,36H,9-12H2,1-3H3,(H,34,38)(H3,29,31,32,33)/t15?,18-,20-,24-,26-,43+/m1/s1. The Kier molecular flexibility index (Phi) is 8.86. The van der Waals surface area contributed by atoms with Crippen molar-refractivity contribution in [2.45, 2.75) is 75.9 Å². The molecule has 1 aromatic carbocycles. The Bertz CT molecular complexity index is 1500. The van der Waals surface area contributed by atoms with Crippen LogP contribution in [0.4, 0.5) is 20.5 Å². The highest BCUT2D eigenvalue weighted by atomic mass is 31.2. The molecule has 2 aromatic heterocycles. The van der Waals surface area contributed by atoms with Crippen LogP contribution in [0.5, 0.6) is 5.75 Å². The van der Waals surface area contributed by atoms with Gasteiger partial charge in [-0.2, -0.15) is 15.1 Å². The lowest BCUT2D eigenvalue weighted by atomic mass is 9.97. The number of ether oxygens (including phenoxy) is 2. The average Bonchev–Trinajstić information content (AvgIpc) is 3.62. The fourth-order valence-electron chi connectivity index (χ4n) is 4.51. The van der Waals surface area contributed by atoms with Crippen molar-refractivity contribution < 1.29 is 41.8 Å². The number of hydrogen-bond donors (Lipinski definition) is 4. The first-order chi connectivity index (χ1) is 20.4. The van der Waals surface area contributed by atoms with Gasteiger partial charge >= 0.3 is 13.7 Å². The molecule has 0 radical (unpaired) electrons. The molecule has 5 N–H and O–H groups in total. The highest BCUT2D eigenvalue weighted by Gasteiger charge is 2.59. The van der Waals surface area contributed by atoms with Crippen LogP contribution < -0.4 is 20.7 Å². The first-order valence-corrected chi connectivity index (χ1v) is 15.3. The van der Waals surface area contributed by atoms with E-state index in [0.29, 0.717) is 5.82 Å². The van der Waals surface area contributed by atoms with E-state index in [1.165, 1.54) is 25.4 Å². The quantitative estimate of drug-likeness (QED) is 0.161. The number of aliphatic hydroxyl groups is 1. The number of nitrogens with one attached hydrogen (secondary N) is 2. The monoisotopic (exact) mass is 625 g/mol. The lowest BCUT2D eigenvalue weighted by molar-refractivity contribution is -0.149. The number of nitrogen functional groups attached to an aromatic ring is 1. The van der Waals surface area contributed by atoms with Gasteiger partial charge in [0, 0.05) is 6.04 Å². The zero-order valence-corrected chi connectivity index (χ0v) is 24.6. The van der Waals surface area contributed by atoms with Crippen LogP contribution in [0.3, 0.4) is 0 Å². The molecule has 6 atom stereocenters. The van der Waals surface area contributed by atoms with Crippen molar-refractivity contribution in [2.24, 2.45) is 0 Å². The van der Waals surface area contributed by atoms with Gasteiger partial charge in [0.05, 0.1) is 19.0 Å². The zero-order valence-electron chi connectivity index (χ0n) is 23.7. The average molecular weight is 626 g/mol. The Morgan fingerprint density at radius 3 is 2.65 bits per heavy atom. The van der Waals surface area contributed by atoms with Crippen molar-refractivity contribution in [3.8, 4) is 5.75 Å². The van der Waals surface area contributed by atoms with Crippen molar-refractivity contribution in [1.82, 2.24) is 24.6 Å². The SMILES string of the molecule is CC(C)OC(=O)C(C)N[P@](=O)(OC[C@H]1O[C@@H](n2cnc3c(NC4CC4)nc(N)nc32)[C@@](F)(CF)[C@@H]1O)Oc1ccccc1. The number of hydrogen-bond acceptors (Lipinski definition) is 12. The normalized spacial score (nSPS) is 25.9. The van der Waals surface area contributed by atoms with E-state index in [1.807, 2.05) is 0 Å². The number of carbonyl (C=O) groups is 1. The number of benzene rings is 1. The van der Waals surface area contributed by atoms with Gasteiger partial charge in [0.25, 0.3) is 0 Å². The molecule has 0 amide bonds. The maximum Gasteiger partial charge on any atom is 0.459 e. The summed E-state index contributed by atoms with van der Waals surface area (Å²) in [5, 5.41) is 16.6. The molecular formula is C26H34F2N7O7P. The fourth-order valence-corrected chi connectivity index (χ4v) is 6.02. The number of halogens is 2. The summed E-state index contributed by atoms with van der Waals surface area (Å²) in [6.45, 7) is 2.34. The summed E-state index contributed by atoms with van der Waals surface area (Å²) >= 11 is 0. The van der Waals surface area contributed by atoms with Crippen LogP contribution in [0.2, 0.25) is 0 Å². The topological polar surface area (TPSA) is 185 Å². The zero-order chi connectivity index (χ0) is 30.9. The van der Waals surface area contributed by atoms with Crippen LogP contribution >= 0.6 is 7.75 Å². The minimum absolute atomic E-state index is 0.0575. The van der Waals surface area contributed by atoms with Crippen LogP contribution in [-0.4, -0.2) is 79.9 Å². The molecule has 1 aliphatic carbocycles. The molecule has 2 fully saturated rings. The van der Waals surface area contributed by atoms with Gasteiger partial charge in [0.2, 0.25) is 11.6 Å². The van der Waals surface area contributed by atoms with Crippen molar-refractivity contribution in [3.05, 3.63) is 36.7 Å². The molecule has 3 aromatic rings. The highest BCUT2D eigenvalue weighted by Crippen LogP contribution is 2.48. The van der Waals surface area contributed by atoms with E-state index < -0.39 is 63.2 Å². The number of anilines is 2.